The van der Waals surface area contributed by atoms with E-state index in [1.165, 1.54) is 4.70 Å². The van der Waals surface area contributed by atoms with Gasteiger partial charge in [-0.25, -0.2) is 4.98 Å². The zero-order chi connectivity index (χ0) is 16.2. The molecule has 0 saturated carbocycles. The van der Waals surface area contributed by atoms with Crippen molar-refractivity contribution in [2.75, 3.05) is 5.32 Å². The third-order valence-corrected chi connectivity index (χ3v) is 5.58. The first kappa shape index (κ1) is 16.6. The van der Waals surface area contributed by atoms with Crippen LogP contribution in [0.15, 0.2) is 51.4 Å². The lowest BCUT2D eigenvalue weighted by atomic mass is 10.2. The maximum atomic E-state index is 12.1. The third kappa shape index (κ3) is 4.40. The summed E-state index contributed by atoms with van der Waals surface area (Å²) in [5, 5.41) is 4.01. The Hall–Kier alpha value is -1.24. The van der Waals surface area contributed by atoms with Crippen LogP contribution < -0.4 is 5.32 Å². The highest BCUT2D eigenvalue weighted by Gasteiger charge is 2.08. The predicted octanol–water partition coefficient (Wildman–Crippen LogP) is 5.78. The van der Waals surface area contributed by atoms with Crippen molar-refractivity contribution in [1.82, 2.24) is 4.98 Å². The standard InChI is InChI=1S/C17H14Br2N2OS/c18-11-8-9-13(12(19)10-11)20-16(22)6-3-7-17-21-14-4-1-2-5-15(14)23-17/h1-2,4-5,8-10H,3,6-7H2,(H,20,22). The van der Waals surface area contributed by atoms with Crippen LogP contribution in [0.4, 0.5) is 5.69 Å². The van der Waals surface area contributed by atoms with E-state index < -0.39 is 0 Å². The van der Waals surface area contributed by atoms with E-state index >= 15 is 0 Å². The van der Waals surface area contributed by atoms with Crippen LogP contribution in [0.3, 0.4) is 0 Å². The number of thiazole rings is 1. The van der Waals surface area contributed by atoms with E-state index in [2.05, 4.69) is 48.2 Å². The molecular formula is C17H14Br2N2OS. The van der Waals surface area contributed by atoms with Gasteiger partial charge in [-0.15, -0.1) is 11.3 Å². The molecule has 3 rings (SSSR count). The largest absolute Gasteiger partial charge is 0.325 e. The van der Waals surface area contributed by atoms with Crippen LogP contribution in [-0.2, 0) is 11.2 Å². The molecule has 0 atom stereocenters. The summed E-state index contributed by atoms with van der Waals surface area (Å²) in [5.74, 6) is 0.0223. The monoisotopic (exact) mass is 452 g/mol. The van der Waals surface area contributed by atoms with Crippen molar-refractivity contribution in [2.45, 2.75) is 19.3 Å². The summed E-state index contributed by atoms with van der Waals surface area (Å²) in [6.45, 7) is 0. The van der Waals surface area contributed by atoms with Crippen molar-refractivity contribution < 1.29 is 4.79 Å². The summed E-state index contributed by atoms with van der Waals surface area (Å²) in [4.78, 5) is 16.6. The number of carbonyl (C=O) groups excluding carboxylic acids is 1. The molecule has 1 N–H and O–H groups in total. The zero-order valence-electron chi connectivity index (χ0n) is 12.2. The lowest BCUT2D eigenvalue weighted by Gasteiger charge is -2.07. The minimum Gasteiger partial charge on any atom is -0.325 e. The summed E-state index contributed by atoms with van der Waals surface area (Å²) >= 11 is 8.54. The summed E-state index contributed by atoms with van der Waals surface area (Å²) in [5.41, 5.74) is 1.83. The van der Waals surface area contributed by atoms with E-state index in [4.69, 9.17) is 0 Å². The second-order valence-electron chi connectivity index (χ2n) is 5.10. The van der Waals surface area contributed by atoms with Crippen molar-refractivity contribution in [2.24, 2.45) is 0 Å². The molecule has 1 amide bonds. The molecule has 1 heterocycles. The number of anilines is 1. The maximum Gasteiger partial charge on any atom is 0.224 e. The van der Waals surface area contributed by atoms with Crippen LogP contribution in [-0.4, -0.2) is 10.9 Å². The molecule has 3 nitrogen and oxygen atoms in total. The number of hydrogen-bond acceptors (Lipinski definition) is 3. The normalized spacial score (nSPS) is 10.9. The maximum absolute atomic E-state index is 12.1. The molecule has 0 aliphatic heterocycles. The Balaban J connectivity index is 1.52. The van der Waals surface area contributed by atoms with Gasteiger partial charge in [0.05, 0.1) is 20.9 Å². The van der Waals surface area contributed by atoms with Gasteiger partial charge >= 0.3 is 0 Å². The molecule has 0 aliphatic rings. The third-order valence-electron chi connectivity index (χ3n) is 3.34. The van der Waals surface area contributed by atoms with Gasteiger partial charge in [-0.1, -0.05) is 28.1 Å². The van der Waals surface area contributed by atoms with E-state index in [9.17, 15) is 4.79 Å². The van der Waals surface area contributed by atoms with Gasteiger partial charge in [-0.3, -0.25) is 4.79 Å². The van der Waals surface area contributed by atoms with Gasteiger partial charge in [0.2, 0.25) is 5.91 Å². The number of fused-ring (bicyclic) bond motifs is 1. The lowest BCUT2D eigenvalue weighted by Crippen LogP contribution is -2.11. The lowest BCUT2D eigenvalue weighted by molar-refractivity contribution is -0.116. The molecular weight excluding hydrogens is 440 g/mol. The number of hydrogen-bond donors (Lipinski definition) is 1. The van der Waals surface area contributed by atoms with Crippen LogP contribution in [0.1, 0.15) is 17.8 Å². The van der Waals surface area contributed by atoms with E-state index in [0.717, 1.165) is 38.0 Å². The molecule has 0 fully saturated rings. The summed E-state index contributed by atoms with van der Waals surface area (Å²) in [6, 6.07) is 13.8. The fourth-order valence-corrected chi connectivity index (χ4v) is 4.39. The number of rotatable bonds is 5. The van der Waals surface area contributed by atoms with Crippen LogP contribution in [0, 0.1) is 0 Å². The molecule has 0 radical (unpaired) electrons. The van der Waals surface area contributed by atoms with Crippen molar-refractivity contribution in [3.8, 4) is 0 Å². The Morgan fingerprint density at radius 2 is 2.00 bits per heavy atom. The topological polar surface area (TPSA) is 42.0 Å². The van der Waals surface area contributed by atoms with Gasteiger partial charge in [0, 0.05) is 15.4 Å². The molecule has 0 spiro atoms. The molecule has 0 saturated heterocycles. The van der Waals surface area contributed by atoms with Gasteiger partial charge < -0.3 is 5.32 Å². The molecule has 3 aromatic rings. The highest BCUT2D eigenvalue weighted by atomic mass is 79.9. The van der Waals surface area contributed by atoms with E-state index in [-0.39, 0.29) is 5.91 Å². The second-order valence-corrected chi connectivity index (χ2v) is 7.99. The average Bonchev–Trinajstić information content (AvgIpc) is 2.93. The minimum atomic E-state index is 0.0223. The highest BCUT2D eigenvalue weighted by Crippen LogP contribution is 2.26. The Morgan fingerprint density at radius 3 is 2.78 bits per heavy atom. The van der Waals surface area contributed by atoms with Gasteiger partial charge in [-0.05, 0) is 59.1 Å². The molecule has 0 bridgehead atoms. The number of para-hydroxylation sites is 1. The van der Waals surface area contributed by atoms with Crippen LogP contribution in [0.25, 0.3) is 10.2 Å². The Labute approximate surface area is 155 Å². The van der Waals surface area contributed by atoms with Gasteiger partial charge in [0.25, 0.3) is 0 Å². The van der Waals surface area contributed by atoms with Crippen molar-refractivity contribution in [1.29, 1.82) is 0 Å². The number of benzene rings is 2. The average molecular weight is 454 g/mol. The fourth-order valence-electron chi connectivity index (χ4n) is 2.23. The summed E-state index contributed by atoms with van der Waals surface area (Å²) in [6.07, 6.45) is 2.10. The minimum absolute atomic E-state index is 0.0223. The van der Waals surface area contributed by atoms with Crippen molar-refractivity contribution >= 4 is 65.0 Å². The number of aryl methyl sites for hydroxylation is 1. The summed E-state index contributed by atoms with van der Waals surface area (Å²) in [7, 11) is 0. The summed E-state index contributed by atoms with van der Waals surface area (Å²) < 4.78 is 3.04. The number of nitrogens with zero attached hydrogens (tertiary/aromatic N) is 1. The zero-order valence-corrected chi connectivity index (χ0v) is 16.2. The Kier molecular flexibility index (Phi) is 5.46. The molecule has 6 heteroatoms. The molecule has 1 aromatic heterocycles. The molecule has 0 unspecified atom stereocenters. The van der Waals surface area contributed by atoms with Gasteiger partial charge in [0.1, 0.15) is 0 Å². The molecule has 118 valence electrons. The van der Waals surface area contributed by atoms with Crippen molar-refractivity contribution in [3.63, 3.8) is 0 Å². The predicted molar refractivity (Wildman–Crippen MR) is 103 cm³/mol. The van der Waals surface area contributed by atoms with Crippen LogP contribution in [0.2, 0.25) is 0 Å². The van der Waals surface area contributed by atoms with E-state index in [1.807, 2.05) is 36.4 Å². The number of amides is 1. The van der Waals surface area contributed by atoms with Crippen molar-refractivity contribution in [3.05, 3.63) is 56.4 Å². The van der Waals surface area contributed by atoms with Crippen LogP contribution in [0.5, 0.6) is 0 Å². The molecule has 23 heavy (non-hydrogen) atoms. The number of aromatic nitrogens is 1. The first-order chi connectivity index (χ1) is 11.1. The smallest absolute Gasteiger partial charge is 0.224 e. The Morgan fingerprint density at radius 1 is 1.17 bits per heavy atom. The fraction of sp³-hybridized carbons (Fsp3) is 0.176. The SMILES string of the molecule is O=C(CCCc1nc2ccccc2s1)Nc1ccc(Br)cc1Br. The number of carbonyl (C=O) groups is 1. The quantitative estimate of drug-likeness (QED) is 0.531. The Bertz CT molecular complexity index is 814. The first-order valence-electron chi connectivity index (χ1n) is 7.21. The van der Waals surface area contributed by atoms with E-state index in [0.29, 0.717) is 6.42 Å². The molecule has 0 aliphatic carbocycles. The number of halogens is 2. The second kappa shape index (κ2) is 7.55. The highest BCUT2D eigenvalue weighted by molar-refractivity contribution is 9.11. The van der Waals surface area contributed by atoms with Gasteiger partial charge in [0.15, 0.2) is 0 Å². The molecule has 2 aromatic carbocycles. The number of nitrogens with one attached hydrogen (secondary N) is 1. The van der Waals surface area contributed by atoms with Crippen LogP contribution >= 0.6 is 43.2 Å². The van der Waals surface area contributed by atoms with Gasteiger partial charge in [-0.2, -0.15) is 0 Å². The van der Waals surface area contributed by atoms with E-state index in [1.54, 1.807) is 11.3 Å². The first-order valence-corrected chi connectivity index (χ1v) is 9.61.